The Bertz CT molecular complexity index is 819. The maximum atomic E-state index is 9.50. The van der Waals surface area contributed by atoms with E-state index < -0.39 is 5.92 Å². The summed E-state index contributed by atoms with van der Waals surface area (Å²) in [6.07, 6.45) is 0.714. The number of hydrogen-bond acceptors (Lipinski definition) is 4. The van der Waals surface area contributed by atoms with Gasteiger partial charge in [-0.2, -0.15) is 5.26 Å². The molecule has 2 aromatic rings. The molecule has 5 nitrogen and oxygen atoms in total. The Kier molecular flexibility index (Phi) is 3.73. The highest BCUT2D eigenvalue weighted by Crippen LogP contribution is 2.45. The number of H-pyrrole nitrogens is 1. The van der Waals surface area contributed by atoms with Crippen LogP contribution >= 0.6 is 23.2 Å². The molecule has 1 aliphatic rings. The second kappa shape index (κ2) is 5.56. The molecular weight excluding hydrogens is 323 g/mol. The number of ether oxygens (including phenoxy) is 1. The Labute approximate surface area is 137 Å². The van der Waals surface area contributed by atoms with Crippen LogP contribution in [0.1, 0.15) is 29.7 Å². The number of rotatable bonds is 2. The molecular formula is C15H12Cl2N4O. The molecule has 3 N–H and O–H groups in total. The van der Waals surface area contributed by atoms with Crippen LogP contribution < -0.4 is 10.5 Å². The monoisotopic (exact) mass is 334 g/mol. The number of aromatic amines is 1. The van der Waals surface area contributed by atoms with E-state index in [0.717, 1.165) is 16.8 Å². The SMILES string of the molecule is CCc1[nH]nc2c1C(c1ccc(Cl)cc1Cl)C(C#N)=C(N)O2. The summed E-state index contributed by atoms with van der Waals surface area (Å²) in [5.41, 5.74) is 8.60. The zero-order valence-electron chi connectivity index (χ0n) is 11.7. The van der Waals surface area contributed by atoms with Gasteiger partial charge in [-0.15, -0.1) is 5.10 Å². The number of hydrogen-bond donors (Lipinski definition) is 2. The normalized spacial score (nSPS) is 16.9. The van der Waals surface area contributed by atoms with Crippen molar-refractivity contribution in [2.24, 2.45) is 5.73 Å². The maximum absolute atomic E-state index is 9.50. The van der Waals surface area contributed by atoms with Crippen molar-refractivity contribution in [3.63, 3.8) is 0 Å². The van der Waals surface area contributed by atoms with Gasteiger partial charge in [0.1, 0.15) is 11.6 Å². The molecule has 7 heteroatoms. The minimum Gasteiger partial charge on any atom is -0.420 e. The van der Waals surface area contributed by atoms with Gasteiger partial charge in [-0.1, -0.05) is 36.2 Å². The third kappa shape index (κ3) is 2.21. The van der Waals surface area contributed by atoms with Gasteiger partial charge in [0.25, 0.3) is 0 Å². The molecule has 0 amide bonds. The highest BCUT2D eigenvalue weighted by Gasteiger charge is 2.35. The Morgan fingerprint density at radius 3 is 2.86 bits per heavy atom. The van der Waals surface area contributed by atoms with Gasteiger partial charge in [0.2, 0.25) is 11.8 Å². The van der Waals surface area contributed by atoms with E-state index in [4.69, 9.17) is 33.7 Å². The summed E-state index contributed by atoms with van der Waals surface area (Å²) in [6, 6.07) is 7.29. The average molecular weight is 335 g/mol. The second-order valence-electron chi connectivity index (χ2n) is 4.87. The first-order valence-corrected chi connectivity index (χ1v) is 7.42. The number of fused-ring (bicyclic) bond motifs is 1. The summed E-state index contributed by atoms with van der Waals surface area (Å²) in [7, 11) is 0. The van der Waals surface area contributed by atoms with Gasteiger partial charge >= 0.3 is 0 Å². The summed E-state index contributed by atoms with van der Waals surface area (Å²) in [5.74, 6) is -0.00301. The largest absolute Gasteiger partial charge is 0.420 e. The molecule has 0 fully saturated rings. The first kappa shape index (κ1) is 14.8. The molecule has 22 heavy (non-hydrogen) atoms. The van der Waals surface area contributed by atoms with Crippen LogP contribution in [0, 0.1) is 11.3 Å². The van der Waals surface area contributed by atoms with E-state index in [2.05, 4.69) is 16.3 Å². The third-order valence-electron chi connectivity index (χ3n) is 3.64. The fourth-order valence-corrected chi connectivity index (χ4v) is 3.14. The van der Waals surface area contributed by atoms with Gasteiger partial charge in [0, 0.05) is 15.7 Å². The summed E-state index contributed by atoms with van der Waals surface area (Å²) >= 11 is 12.3. The van der Waals surface area contributed by atoms with Crippen LogP contribution in [-0.2, 0) is 6.42 Å². The summed E-state index contributed by atoms with van der Waals surface area (Å²) in [4.78, 5) is 0. The van der Waals surface area contributed by atoms with Gasteiger partial charge in [-0.3, -0.25) is 5.10 Å². The molecule has 0 saturated heterocycles. The average Bonchev–Trinajstić information content (AvgIpc) is 2.88. The lowest BCUT2D eigenvalue weighted by atomic mass is 9.83. The van der Waals surface area contributed by atoms with Crippen LogP contribution in [0.2, 0.25) is 10.0 Å². The number of aromatic nitrogens is 2. The molecule has 1 aromatic carbocycles. The number of benzene rings is 1. The predicted molar refractivity (Wildman–Crippen MR) is 83.7 cm³/mol. The predicted octanol–water partition coefficient (Wildman–Crippen LogP) is 3.50. The van der Waals surface area contributed by atoms with Crippen molar-refractivity contribution in [3.8, 4) is 11.9 Å². The molecule has 1 aromatic heterocycles. The number of halogens is 2. The lowest BCUT2D eigenvalue weighted by molar-refractivity contribution is 0.378. The Morgan fingerprint density at radius 1 is 1.45 bits per heavy atom. The number of nitrogens with two attached hydrogens (primary N) is 1. The van der Waals surface area contributed by atoms with Gasteiger partial charge in [0.15, 0.2) is 0 Å². The number of nitriles is 1. The van der Waals surface area contributed by atoms with E-state index in [9.17, 15) is 5.26 Å². The molecule has 0 aliphatic carbocycles. The molecule has 3 rings (SSSR count). The number of allylic oxidation sites excluding steroid dienone is 1. The van der Waals surface area contributed by atoms with Gasteiger partial charge in [0.05, 0.1) is 11.5 Å². The van der Waals surface area contributed by atoms with Crippen LogP contribution in [0.15, 0.2) is 29.7 Å². The molecule has 1 aliphatic heterocycles. The smallest absolute Gasteiger partial charge is 0.244 e. The molecule has 2 heterocycles. The van der Waals surface area contributed by atoms with Gasteiger partial charge < -0.3 is 10.5 Å². The first-order valence-electron chi connectivity index (χ1n) is 6.66. The Hall–Kier alpha value is -2.16. The molecule has 0 bridgehead atoms. The van der Waals surface area contributed by atoms with E-state index in [0.29, 0.717) is 27.9 Å². The number of nitrogens with zero attached hydrogens (tertiary/aromatic N) is 2. The summed E-state index contributed by atoms with van der Waals surface area (Å²) < 4.78 is 5.46. The van der Waals surface area contributed by atoms with Crippen molar-refractivity contribution in [1.29, 1.82) is 5.26 Å². The molecule has 0 spiro atoms. The quantitative estimate of drug-likeness (QED) is 0.879. The lowest BCUT2D eigenvalue weighted by Gasteiger charge is -2.24. The van der Waals surface area contributed by atoms with Crippen LogP contribution in [-0.4, -0.2) is 10.2 Å². The number of aryl methyl sites for hydroxylation is 1. The topological polar surface area (TPSA) is 87.7 Å². The Morgan fingerprint density at radius 2 is 2.23 bits per heavy atom. The summed E-state index contributed by atoms with van der Waals surface area (Å²) in [6.45, 7) is 1.99. The molecule has 1 unspecified atom stereocenters. The van der Waals surface area contributed by atoms with Crippen LogP contribution in [0.4, 0.5) is 0 Å². The zero-order valence-corrected chi connectivity index (χ0v) is 13.2. The van der Waals surface area contributed by atoms with E-state index >= 15 is 0 Å². The minimum absolute atomic E-state index is 0.0418. The zero-order chi connectivity index (χ0) is 15.9. The van der Waals surface area contributed by atoms with Crippen molar-refractivity contribution < 1.29 is 4.74 Å². The summed E-state index contributed by atoms with van der Waals surface area (Å²) in [5, 5.41) is 17.5. The van der Waals surface area contributed by atoms with Crippen LogP contribution in [0.5, 0.6) is 5.88 Å². The molecule has 1 atom stereocenters. The van der Waals surface area contributed by atoms with Crippen molar-refractivity contribution >= 4 is 23.2 Å². The van der Waals surface area contributed by atoms with E-state index in [1.165, 1.54) is 0 Å². The second-order valence-corrected chi connectivity index (χ2v) is 5.71. The Balaban J connectivity index is 2.27. The van der Waals surface area contributed by atoms with Crippen molar-refractivity contribution in [2.45, 2.75) is 19.3 Å². The fourth-order valence-electron chi connectivity index (χ4n) is 2.62. The minimum atomic E-state index is -0.424. The standard InChI is InChI=1S/C15H12Cl2N4O/c1-2-11-13-12(8-4-3-7(16)5-10(8)17)9(6-18)14(19)22-15(13)21-20-11/h3-5,12H,2,19H2,1H3,(H,20,21). The fraction of sp³-hybridized carbons (Fsp3) is 0.200. The van der Waals surface area contributed by atoms with E-state index in [1.807, 2.05) is 6.92 Å². The maximum Gasteiger partial charge on any atom is 0.244 e. The molecule has 0 radical (unpaired) electrons. The highest BCUT2D eigenvalue weighted by atomic mass is 35.5. The van der Waals surface area contributed by atoms with Crippen LogP contribution in [0.3, 0.4) is 0 Å². The van der Waals surface area contributed by atoms with Crippen molar-refractivity contribution in [2.75, 3.05) is 0 Å². The van der Waals surface area contributed by atoms with Crippen molar-refractivity contribution in [1.82, 2.24) is 10.2 Å². The number of nitrogens with one attached hydrogen (secondary N) is 1. The lowest BCUT2D eigenvalue weighted by Crippen LogP contribution is -2.21. The third-order valence-corrected chi connectivity index (χ3v) is 4.21. The molecule has 112 valence electrons. The van der Waals surface area contributed by atoms with Crippen LogP contribution in [0.25, 0.3) is 0 Å². The van der Waals surface area contributed by atoms with Crippen molar-refractivity contribution in [3.05, 3.63) is 56.5 Å². The van der Waals surface area contributed by atoms with Gasteiger partial charge in [-0.25, -0.2) is 0 Å². The molecule has 0 saturated carbocycles. The highest BCUT2D eigenvalue weighted by molar-refractivity contribution is 6.35. The first-order chi connectivity index (χ1) is 10.6. The van der Waals surface area contributed by atoms with Gasteiger partial charge in [-0.05, 0) is 24.1 Å². The van der Waals surface area contributed by atoms with E-state index in [-0.39, 0.29) is 5.88 Å². The van der Waals surface area contributed by atoms with E-state index in [1.54, 1.807) is 18.2 Å².